The first-order valence-electron chi connectivity index (χ1n) is 4.19. The molecule has 3 N–H and O–H groups in total. The average molecular weight is 195 g/mol. The molecule has 5 heteroatoms. The fourth-order valence-electron chi connectivity index (χ4n) is 0.948. The second-order valence-electron chi connectivity index (χ2n) is 2.87. The first-order valence-corrected chi connectivity index (χ1v) is 4.19. The zero-order valence-electron chi connectivity index (χ0n) is 8.15. The van der Waals surface area contributed by atoms with Gasteiger partial charge in [0.1, 0.15) is 11.9 Å². The second kappa shape index (κ2) is 4.45. The summed E-state index contributed by atoms with van der Waals surface area (Å²) in [5.74, 6) is 0.265. The molecular formula is C9H13N3O2. The van der Waals surface area contributed by atoms with E-state index in [1.165, 1.54) is 13.3 Å². The highest BCUT2D eigenvalue weighted by Gasteiger charge is 2.12. The zero-order chi connectivity index (χ0) is 10.6. The largest absolute Gasteiger partial charge is 0.467 e. The standard InChI is InChI=1S/C9H13N3O2/c1-6(9(13)14-2)12-8-4-3-7(10)5-11-8/h3-6H,10H2,1-2H3,(H,11,12). The van der Waals surface area contributed by atoms with Gasteiger partial charge in [-0.1, -0.05) is 0 Å². The topological polar surface area (TPSA) is 77.2 Å². The van der Waals surface area contributed by atoms with Crippen LogP contribution in [0.4, 0.5) is 11.5 Å². The molecule has 1 unspecified atom stereocenters. The molecule has 0 radical (unpaired) electrons. The Kier molecular flexibility index (Phi) is 3.28. The summed E-state index contributed by atoms with van der Waals surface area (Å²) in [5.41, 5.74) is 6.05. The van der Waals surface area contributed by atoms with Gasteiger partial charge in [0.05, 0.1) is 19.0 Å². The summed E-state index contributed by atoms with van der Waals surface area (Å²) in [6.45, 7) is 1.70. The molecule has 1 aromatic heterocycles. The van der Waals surface area contributed by atoms with Gasteiger partial charge < -0.3 is 15.8 Å². The summed E-state index contributed by atoms with van der Waals surface area (Å²) in [4.78, 5) is 15.0. The number of nitrogens with one attached hydrogen (secondary N) is 1. The summed E-state index contributed by atoms with van der Waals surface area (Å²) < 4.78 is 4.55. The fourth-order valence-corrected chi connectivity index (χ4v) is 0.948. The molecule has 0 aliphatic rings. The lowest BCUT2D eigenvalue weighted by Crippen LogP contribution is -2.27. The minimum absolute atomic E-state index is 0.330. The van der Waals surface area contributed by atoms with Crippen LogP contribution in [0, 0.1) is 0 Å². The van der Waals surface area contributed by atoms with E-state index in [4.69, 9.17) is 5.73 Å². The van der Waals surface area contributed by atoms with Crippen molar-refractivity contribution in [1.29, 1.82) is 0 Å². The lowest BCUT2D eigenvalue weighted by Gasteiger charge is -2.11. The Morgan fingerprint density at radius 1 is 1.64 bits per heavy atom. The van der Waals surface area contributed by atoms with Gasteiger partial charge in [-0.05, 0) is 19.1 Å². The third-order valence-corrected chi connectivity index (χ3v) is 1.71. The number of hydrogen-bond acceptors (Lipinski definition) is 5. The number of ether oxygens (including phenoxy) is 1. The Morgan fingerprint density at radius 2 is 2.36 bits per heavy atom. The normalized spacial score (nSPS) is 11.9. The van der Waals surface area contributed by atoms with Gasteiger partial charge in [0.2, 0.25) is 0 Å². The van der Waals surface area contributed by atoms with E-state index in [1.54, 1.807) is 19.1 Å². The van der Waals surface area contributed by atoms with Crippen LogP contribution in [-0.4, -0.2) is 24.1 Å². The van der Waals surface area contributed by atoms with Crippen molar-refractivity contribution in [3.63, 3.8) is 0 Å². The maximum absolute atomic E-state index is 11.0. The van der Waals surface area contributed by atoms with Crippen LogP contribution in [-0.2, 0) is 9.53 Å². The average Bonchev–Trinajstić information content (AvgIpc) is 2.20. The Hall–Kier alpha value is -1.78. The summed E-state index contributed by atoms with van der Waals surface area (Å²) in [6.07, 6.45) is 1.52. The van der Waals surface area contributed by atoms with Crippen molar-refractivity contribution in [3.05, 3.63) is 18.3 Å². The number of aromatic nitrogens is 1. The van der Waals surface area contributed by atoms with Crippen LogP contribution in [0.1, 0.15) is 6.92 Å². The Morgan fingerprint density at radius 3 is 2.86 bits per heavy atom. The highest BCUT2D eigenvalue weighted by Crippen LogP contribution is 2.07. The van der Waals surface area contributed by atoms with Gasteiger partial charge >= 0.3 is 5.97 Å². The van der Waals surface area contributed by atoms with E-state index in [0.717, 1.165) is 0 Å². The van der Waals surface area contributed by atoms with Crippen LogP contribution >= 0.6 is 0 Å². The van der Waals surface area contributed by atoms with Gasteiger partial charge in [0.25, 0.3) is 0 Å². The van der Waals surface area contributed by atoms with Crippen LogP contribution in [0.25, 0.3) is 0 Å². The summed E-state index contributed by atoms with van der Waals surface area (Å²) in [5, 5.41) is 2.88. The molecule has 0 fully saturated rings. The number of carbonyl (C=O) groups excluding carboxylic acids is 1. The molecule has 0 aliphatic heterocycles. The maximum Gasteiger partial charge on any atom is 0.328 e. The minimum Gasteiger partial charge on any atom is -0.467 e. The Balaban J connectivity index is 2.60. The first kappa shape index (κ1) is 10.3. The van der Waals surface area contributed by atoms with E-state index < -0.39 is 6.04 Å². The van der Waals surface area contributed by atoms with Crippen LogP contribution in [0.2, 0.25) is 0 Å². The number of anilines is 2. The molecule has 0 aliphatic carbocycles. The van der Waals surface area contributed by atoms with E-state index >= 15 is 0 Å². The van der Waals surface area contributed by atoms with E-state index in [1.807, 2.05) is 0 Å². The van der Waals surface area contributed by atoms with Crippen molar-refractivity contribution in [1.82, 2.24) is 4.98 Å². The molecule has 0 saturated heterocycles. The molecule has 0 bridgehead atoms. The van der Waals surface area contributed by atoms with Gasteiger partial charge in [0, 0.05) is 0 Å². The van der Waals surface area contributed by atoms with Crippen molar-refractivity contribution < 1.29 is 9.53 Å². The van der Waals surface area contributed by atoms with Crippen LogP contribution in [0.15, 0.2) is 18.3 Å². The third kappa shape index (κ3) is 2.62. The summed E-state index contributed by atoms with van der Waals surface area (Å²) in [6, 6.07) is 2.99. The zero-order valence-corrected chi connectivity index (χ0v) is 8.15. The summed E-state index contributed by atoms with van der Waals surface area (Å²) in [7, 11) is 1.34. The lowest BCUT2D eigenvalue weighted by molar-refractivity contribution is -0.141. The van der Waals surface area contributed by atoms with Crippen molar-refractivity contribution in [2.45, 2.75) is 13.0 Å². The van der Waals surface area contributed by atoms with E-state index in [-0.39, 0.29) is 5.97 Å². The van der Waals surface area contributed by atoms with E-state index in [9.17, 15) is 4.79 Å². The smallest absolute Gasteiger partial charge is 0.328 e. The Labute approximate surface area is 82.3 Å². The number of nitrogens with zero attached hydrogens (tertiary/aromatic N) is 1. The monoisotopic (exact) mass is 195 g/mol. The van der Waals surface area contributed by atoms with Crippen LogP contribution < -0.4 is 11.1 Å². The molecule has 1 atom stereocenters. The number of esters is 1. The van der Waals surface area contributed by atoms with Gasteiger partial charge in [-0.2, -0.15) is 0 Å². The van der Waals surface area contributed by atoms with Crippen molar-refractivity contribution in [3.8, 4) is 0 Å². The molecule has 1 rings (SSSR count). The number of hydrogen-bond donors (Lipinski definition) is 2. The Bertz CT molecular complexity index is 310. The highest BCUT2D eigenvalue weighted by atomic mass is 16.5. The number of pyridine rings is 1. The number of carbonyl (C=O) groups is 1. The summed E-state index contributed by atoms with van der Waals surface area (Å²) >= 11 is 0. The molecular weight excluding hydrogens is 182 g/mol. The van der Waals surface area contributed by atoms with Gasteiger partial charge in [0.15, 0.2) is 0 Å². The number of rotatable bonds is 3. The molecule has 0 amide bonds. The third-order valence-electron chi connectivity index (χ3n) is 1.71. The van der Waals surface area contributed by atoms with E-state index in [0.29, 0.717) is 11.5 Å². The molecule has 76 valence electrons. The quantitative estimate of drug-likeness (QED) is 0.692. The minimum atomic E-state index is -0.420. The molecule has 1 aromatic rings. The van der Waals surface area contributed by atoms with E-state index in [2.05, 4.69) is 15.0 Å². The van der Waals surface area contributed by atoms with Crippen LogP contribution in [0.5, 0.6) is 0 Å². The number of nitrogen functional groups attached to an aromatic ring is 1. The number of methoxy groups -OCH3 is 1. The SMILES string of the molecule is COC(=O)C(C)Nc1ccc(N)cn1. The predicted molar refractivity (Wildman–Crippen MR) is 53.8 cm³/mol. The fraction of sp³-hybridized carbons (Fsp3) is 0.333. The van der Waals surface area contributed by atoms with Crippen molar-refractivity contribution in [2.24, 2.45) is 0 Å². The van der Waals surface area contributed by atoms with Crippen molar-refractivity contribution in [2.75, 3.05) is 18.2 Å². The first-order chi connectivity index (χ1) is 6.63. The second-order valence-corrected chi connectivity index (χ2v) is 2.87. The van der Waals surface area contributed by atoms with Gasteiger partial charge in [-0.25, -0.2) is 9.78 Å². The molecule has 0 saturated carbocycles. The molecule has 1 heterocycles. The van der Waals surface area contributed by atoms with Crippen molar-refractivity contribution >= 4 is 17.5 Å². The lowest BCUT2D eigenvalue weighted by atomic mass is 10.3. The molecule has 14 heavy (non-hydrogen) atoms. The molecule has 0 aromatic carbocycles. The van der Waals surface area contributed by atoms with Crippen LogP contribution in [0.3, 0.4) is 0 Å². The number of nitrogens with two attached hydrogens (primary N) is 1. The molecule has 0 spiro atoms. The molecule has 5 nitrogen and oxygen atoms in total. The van der Waals surface area contributed by atoms with Gasteiger partial charge in [-0.15, -0.1) is 0 Å². The highest BCUT2D eigenvalue weighted by molar-refractivity contribution is 5.78. The van der Waals surface area contributed by atoms with Gasteiger partial charge in [-0.3, -0.25) is 0 Å². The maximum atomic E-state index is 11.0. The predicted octanol–water partition coefficient (Wildman–Crippen LogP) is 0.637.